The molecule has 0 fully saturated rings. The molecule has 0 aromatic heterocycles. The van der Waals surface area contributed by atoms with Crippen molar-refractivity contribution in [3.63, 3.8) is 0 Å². The maximum absolute atomic E-state index is 7.50. The summed E-state index contributed by atoms with van der Waals surface area (Å²) in [6.07, 6.45) is 5.15. The quantitative estimate of drug-likeness (QED) is 0.334. The summed E-state index contributed by atoms with van der Waals surface area (Å²) in [6, 6.07) is 7.90. The van der Waals surface area contributed by atoms with Crippen molar-refractivity contribution in [1.29, 1.82) is 0 Å². The zero-order chi connectivity index (χ0) is 16.7. The Morgan fingerprint density at radius 3 is 1.20 bits per heavy atom. The minimum Gasteiger partial charge on any atom is 0 e. The van der Waals surface area contributed by atoms with Gasteiger partial charge in [-0.25, -0.2) is 0 Å². The molecule has 6 heteroatoms. The summed E-state index contributed by atoms with van der Waals surface area (Å²) in [5.74, 6) is 2.55. The first-order chi connectivity index (χ1) is 9.33. The first-order valence-electron chi connectivity index (χ1n) is 3.88. The Bertz CT molecular complexity index is 383. The summed E-state index contributed by atoms with van der Waals surface area (Å²) >= 11 is 0. The molecule has 0 unspecified atom stereocenters. The predicted molar refractivity (Wildman–Crippen MR) is 58.8 cm³/mol. The van der Waals surface area contributed by atoms with E-state index >= 15 is 0 Å². The standard InChI is InChI=1S/C9H8.5CO.W/c1-3-9-6-4-8(2)5-7-9;5*1-2;/h1,4-7H,2H3;;;;;;. The third kappa shape index (κ3) is 36.0. The third-order valence-corrected chi connectivity index (χ3v) is 1.22. The average molecular weight is 440 g/mol. The molecule has 0 heterocycles. The number of aryl methyl sites for hydroxylation is 1. The van der Waals surface area contributed by atoms with E-state index in [1.807, 2.05) is 31.2 Å². The Morgan fingerprint density at radius 2 is 1.00 bits per heavy atom. The van der Waals surface area contributed by atoms with Crippen LogP contribution in [0.4, 0.5) is 0 Å². The van der Waals surface area contributed by atoms with Crippen LogP contribution in [0.1, 0.15) is 11.1 Å². The molecule has 0 bridgehead atoms. The van der Waals surface area contributed by atoms with E-state index in [0.717, 1.165) is 5.56 Å². The number of rotatable bonds is 0. The van der Waals surface area contributed by atoms with Crippen LogP contribution >= 0.6 is 0 Å². The molecule has 100 valence electrons. The zero-order valence-corrected chi connectivity index (χ0v) is 13.3. The van der Waals surface area contributed by atoms with Gasteiger partial charge in [-0.1, -0.05) is 23.6 Å². The second-order valence-electron chi connectivity index (χ2n) is 2.01. The SMILES string of the molecule is C#Cc1ccc(C)cc1.[C-]#[O+].[C-]#[O+].[C-]#[O+].[C-]#[O+].[C-]#[O+].[W]. The number of benzene rings is 1. The second-order valence-corrected chi connectivity index (χ2v) is 2.01. The van der Waals surface area contributed by atoms with E-state index in [2.05, 4.69) is 39.2 Å². The molecule has 0 aliphatic rings. The molecule has 0 N–H and O–H groups in total. The van der Waals surface area contributed by atoms with Gasteiger partial charge in [-0.2, -0.15) is 0 Å². The molecule has 0 radical (unpaired) electrons. The summed E-state index contributed by atoms with van der Waals surface area (Å²) in [6.45, 7) is 24.5. The molecule has 0 saturated heterocycles. The fraction of sp³-hybridized carbons (Fsp3) is 0.0714. The molecule has 0 aliphatic heterocycles. The summed E-state index contributed by atoms with van der Waals surface area (Å²) in [5.41, 5.74) is 2.19. The second kappa shape index (κ2) is 53.4. The first kappa shape index (κ1) is 36.2. The third-order valence-electron chi connectivity index (χ3n) is 1.22. The van der Waals surface area contributed by atoms with Crippen molar-refractivity contribution < 1.29 is 44.3 Å². The van der Waals surface area contributed by atoms with E-state index in [-0.39, 0.29) is 21.1 Å². The summed E-state index contributed by atoms with van der Waals surface area (Å²) in [4.78, 5) is 0. The van der Waals surface area contributed by atoms with Crippen LogP contribution in [0, 0.1) is 52.5 Å². The Balaban J connectivity index is -0.0000000384. The fourth-order valence-electron chi connectivity index (χ4n) is 0.650. The normalized spacial score (nSPS) is 4.30. The van der Waals surface area contributed by atoms with Crippen LogP contribution in [0.2, 0.25) is 0 Å². The van der Waals surface area contributed by atoms with E-state index in [4.69, 9.17) is 29.7 Å². The molecule has 0 amide bonds. The van der Waals surface area contributed by atoms with Gasteiger partial charge in [-0.3, -0.25) is 0 Å². The first-order valence-corrected chi connectivity index (χ1v) is 3.88. The smallest absolute Gasteiger partial charge is 0 e. The number of hydrogen-bond acceptors (Lipinski definition) is 0. The molecule has 0 spiro atoms. The minimum atomic E-state index is 0. The van der Waals surface area contributed by atoms with Gasteiger partial charge in [-0.15, -0.1) is 6.42 Å². The molecule has 0 saturated carbocycles. The molecule has 5 nitrogen and oxygen atoms in total. The Kier molecular flexibility index (Phi) is 96.6. The van der Waals surface area contributed by atoms with E-state index in [1.54, 1.807) is 0 Å². The number of hydrogen-bond donors (Lipinski definition) is 0. The van der Waals surface area contributed by atoms with Gasteiger partial charge in [0.15, 0.2) is 0 Å². The molecule has 1 rings (SSSR count). The van der Waals surface area contributed by atoms with Crippen molar-refractivity contribution in [2.75, 3.05) is 0 Å². The van der Waals surface area contributed by atoms with Gasteiger partial charge in [0.05, 0.1) is 0 Å². The van der Waals surface area contributed by atoms with Crippen LogP contribution in [-0.2, 0) is 44.3 Å². The van der Waals surface area contributed by atoms with Gasteiger partial charge in [0.1, 0.15) is 0 Å². The van der Waals surface area contributed by atoms with Crippen molar-refractivity contribution in [1.82, 2.24) is 0 Å². The Labute approximate surface area is 132 Å². The van der Waals surface area contributed by atoms with Crippen molar-refractivity contribution >= 4 is 0 Å². The number of terminal acetylenes is 1. The Hall–Kier alpha value is -1.83. The molecule has 1 aromatic rings. The maximum atomic E-state index is 7.50. The van der Waals surface area contributed by atoms with Crippen LogP contribution in [-0.4, -0.2) is 0 Å². The molecular formula is C14H8O5W. The van der Waals surface area contributed by atoms with Crippen LogP contribution in [0.5, 0.6) is 0 Å². The molecule has 1 aromatic carbocycles. The van der Waals surface area contributed by atoms with E-state index < -0.39 is 0 Å². The van der Waals surface area contributed by atoms with E-state index in [0.29, 0.717) is 0 Å². The molecule has 0 aliphatic carbocycles. The monoisotopic (exact) mass is 440 g/mol. The van der Waals surface area contributed by atoms with Crippen molar-refractivity contribution in [3.05, 3.63) is 68.6 Å². The fourth-order valence-corrected chi connectivity index (χ4v) is 0.650. The summed E-state index contributed by atoms with van der Waals surface area (Å²) < 4.78 is 37.5. The maximum Gasteiger partial charge on any atom is 0 e. The van der Waals surface area contributed by atoms with Gasteiger partial charge >= 0.3 is 56.5 Å². The van der Waals surface area contributed by atoms with Crippen molar-refractivity contribution in [2.45, 2.75) is 6.92 Å². The van der Waals surface area contributed by atoms with Crippen molar-refractivity contribution in [2.24, 2.45) is 0 Å². The van der Waals surface area contributed by atoms with Gasteiger partial charge in [0.2, 0.25) is 0 Å². The van der Waals surface area contributed by atoms with Crippen LogP contribution in [0.25, 0.3) is 0 Å². The molecule has 0 atom stereocenters. The predicted octanol–water partition coefficient (Wildman–Crippen LogP) is 1.79. The van der Waals surface area contributed by atoms with Crippen LogP contribution in [0.3, 0.4) is 0 Å². The summed E-state index contributed by atoms with van der Waals surface area (Å²) in [7, 11) is 0. The molecular weight excluding hydrogens is 432 g/mol. The zero-order valence-electron chi connectivity index (χ0n) is 10.3. The largest absolute Gasteiger partial charge is 0 e. The Morgan fingerprint density at radius 1 is 0.750 bits per heavy atom. The minimum absolute atomic E-state index is 0. The van der Waals surface area contributed by atoms with Crippen LogP contribution in [0.15, 0.2) is 24.3 Å². The van der Waals surface area contributed by atoms with Crippen LogP contribution < -0.4 is 0 Å². The van der Waals surface area contributed by atoms with Gasteiger partial charge in [-0.05, 0) is 19.1 Å². The molecule has 20 heavy (non-hydrogen) atoms. The van der Waals surface area contributed by atoms with E-state index in [1.165, 1.54) is 5.56 Å². The van der Waals surface area contributed by atoms with Gasteiger partial charge in [0, 0.05) is 26.6 Å². The van der Waals surface area contributed by atoms with Crippen molar-refractivity contribution in [3.8, 4) is 12.3 Å². The van der Waals surface area contributed by atoms with E-state index in [9.17, 15) is 0 Å². The summed E-state index contributed by atoms with van der Waals surface area (Å²) in [5, 5.41) is 0. The van der Waals surface area contributed by atoms with Gasteiger partial charge in [0.25, 0.3) is 0 Å². The van der Waals surface area contributed by atoms with Gasteiger partial charge < -0.3 is 0 Å². The topological polar surface area (TPSA) is 99.5 Å². The average Bonchev–Trinajstić information content (AvgIpc) is 2.57.